The Hall–Kier alpha value is -1.87. The van der Waals surface area contributed by atoms with Gasteiger partial charge in [0.2, 0.25) is 0 Å². The second-order valence-electron chi connectivity index (χ2n) is 8.39. The number of nitrogens with one attached hydrogen (secondary N) is 1. The molecule has 8 heteroatoms. The number of aliphatic imine (C=N–C) groups is 1. The molecular formula is C23H37N5O3. The first-order chi connectivity index (χ1) is 15.3. The molecule has 8 nitrogen and oxygen atoms in total. The highest BCUT2D eigenvalue weighted by Crippen LogP contribution is 2.18. The molecule has 1 aromatic rings. The van der Waals surface area contributed by atoms with Crippen LogP contribution in [0.4, 0.5) is 0 Å². The Morgan fingerprint density at radius 1 is 1.10 bits per heavy atom. The van der Waals surface area contributed by atoms with Crippen molar-refractivity contribution < 1.29 is 14.2 Å². The number of likely N-dealkylation sites (tertiary alicyclic amines) is 1. The van der Waals surface area contributed by atoms with E-state index in [-0.39, 0.29) is 0 Å². The Morgan fingerprint density at radius 2 is 1.87 bits per heavy atom. The van der Waals surface area contributed by atoms with E-state index in [4.69, 9.17) is 14.2 Å². The van der Waals surface area contributed by atoms with E-state index >= 15 is 0 Å². The van der Waals surface area contributed by atoms with Gasteiger partial charge in [-0.2, -0.15) is 0 Å². The summed E-state index contributed by atoms with van der Waals surface area (Å²) in [5.41, 5.74) is 1.20. The molecule has 3 fully saturated rings. The van der Waals surface area contributed by atoms with E-state index < -0.39 is 0 Å². The number of benzene rings is 1. The Bertz CT molecular complexity index is 704. The predicted octanol–water partition coefficient (Wildman–Crippen LogP) is 0.880. The van der Waals surface area contributed by atoms with Gasteiger partial charge in [-0.3, -0.25) is 14.8 Å². The van der Waals surface area contributed by atoms with Crippen LogP contribution in [0.5, 0.6) is 5.75 Å². The summed E-state index contributed by atoms with van der Waals surface area (Å²) in [5.74, 6) is 1.91. The zero-order chi connectivity index (χ0) is 21.3. The summed E-state index contributed by atoms with van der Waals surface area (Å²) in [6.07, 6.45) is 1.19. The molecule has 0 amide bonds. The van der Waals surface area contributed by atoms with Crippen molar-refractivity contribution in [1.29, 1.82) is 0 Å². The zero-order valence-corrected chi connectivity index (χ0v) is 18.8. The molecule has 0 bridgehead atoms. The molecule has 0 saturated carbocycles. The lowest BCUT2D eigenvalue weighted by Crippen LogP contribution is -2.46. The number of nitrogens with zero attached hydrogens (tertiary/aromatic N) is 4. The number of ether oxygens (including phenoxy) is 3. The standard InChI is InChI=1S/C23H37N5O3/c1-24-23(28-6-5-21(19-28)27-10-14-30-15-11-27)25-18-20-3-2-4-22(17-20)31-16-9-26-7-12-29-13-8-26/h2-4,17,21H,5-16,18-19H2,1H3,(H,24,25). The normalized spacial score (nSPS) is 23.8. The van der Waals surface area contributed by atoms with Crippen molar-refractivity contribution in [3.8, 4) is 5.75 Å². The molecule has 3 heterocycles. The van der Waals surface area contributed by atoms with Crippen molar-refractivity contribution >= 4 is 5.96 Å². The monoisotopic (exact) mass is 431 g/mol. The first-order valence-corrected chi connectivity index (χ1v) is 11.6. The fourth-order valence-electron chi connectivity index (χ4n) is 4.55. The Morgan fingerprint density at radius 3 is 2.65 bits per heavy atom. The van der Waals surface area contributed by atoms with E-state index in [9.17, 15) is 0 Å². The van der Waals surface area contributed by atoms with Crippen LogP contribution in [0.3, 0.4) is 0 Å². The van der Waals surface area contributed by atoms with Gasteiger partial charge in [0, 0.05) is 65.4 Å². The minimum absolute atomic E-state index is 0.602. The highest BCUT2D eigenvalue weighted by molar-refractivity contribution is 5.80. The van der Waals surface area contributed by atoms with Gasteiger partial charge >= 0.3 is 0 Å². The van der Waals surface area contributed by atoms with Crippen molar-refractivity contribution in [2.24, 2.45) is 4.99 Å². The molecule has 3 aliphatic rings. The highest BCUT2D eigenvalue weighted by atomic mass is 16.5. The molecule has 1 unspecified atom stereocenters. The maximum Gasteiger partial charge on any atom is 0.193 e. The smallest absolute Gasteiger partial charge is 0.193 e. The van der Waals surface area contributed by atoms with Crippen molar-refractivity contribution in [3.05, 3.63) is 29.8 Å². The minimum atomic E-state index is 0.602. The molecular weight excluding hydrogens is 394 g/mol. The van der Waals surface area contributed by atoms with Gasteiger partial charge in [0.15, 0.2) is 5.96 Å². The van der Waals surface area contributed by atoms with Gasteiger partial charge in [-0.25, -0.2) is 0 Å². The Labute approximate surface area is 186 Å². The van der Waals surface area contributed by atoms with Crippen LogP contribution in [0.1, 0.15) is 12.0 Å². The summed E-state index contributed by atoms with van der Waals surface area (Å²) in [7, 11) is 1.87. The summed E-state index contributed by atoms with van der Waals surface area (Å²) in [4.78, 5) is 11.9. The number of morpholine rings is 2. The second kappa shape index (κ2) is 11.7. The van der Waals surface area contributed by atoms with Crippen LogP contribution in [0.2, 0.25) is 0 Å². The summed E-state index contributed by atoms with van der Waals surface area (Å²) in [6.45, 7) is 11.9. The van der Waals surface area contributed by atoms with Crippen LogP contribution < -0.4 is 10.1 Å². The molecule has 3 saturated heterocycles. The van der Waals surface area contributed by atoms with Crippen LogP contribution in [-0.2, 0) is 16.0 Å². The first kappa shape index (κ1) is 22.3. The molecule has 0 aromatic heterocycles. The topological polar surface area (TPSA) is 61.8 Å². The third-order valence-corrected chi connectivity index (χ3v) is 6.37. The molecule has 1 aromatic carbocycles. The molecule has 1 N–H and O–H groups in total. The van der Waals surface area contributed by atoms with Crippen LogP contribution in [-0.4, -0.2) is 113 Å². The van der Waals surface area contributed by atoms with Gasteiger partial charge in [0.1, 0.15) is 12.4 Å². The minimum Gasteiger partial charge on any atom is -0.492 e. The maximum absolute atomic E-state index is 6.00. The van der Waals surface area contributed by atoms with Crippen molar-refractivity contribution in [1.82, 2.24) is 20.0 Å². The van der Waals surface area contributed by atoms with Gasteiger partial charge < -0.3 is 24.4 Å². The number of hydrogen-bond acceptors (Lipinski definition) is 6. The summed E-state index contributed by atoms with van der Waals surface area (Å²) in [5, 5.41) is 3.54. The zero-order valence-electron chi connectivity index (χ0n) is 18.8. The van der Waals surface area contributed by atoms with Crippen molar-refractivity contribution in [3.63, 3.8) is 0 Å². The van der Waals surface area contributed by atoms with E-state index in [1.165, 1.54) is 12.0 Å². The third-order valence-electron chi connectivity index (χ3n) is 6.37. The Balaban J connectivity index is 1.22. The van der Waals surface area contributed by atoms with Crippen molar-refractivity contribution in [2.75, 3.05) is 85.9 Å². The Kier molecular flexibility index (Phi) is 8.40. The fourth-order valence-corrected chi connectivity index (χ4v) is 4.55. The molecule has 3 aliphatic heterocycles. The highest BCUT2D eigenvalue weighted by Gasteiger charge is 2.30. The van der Waals surface area contributed by atoms with Gasteiger partial charge in [0.05, 0.1) is 26.4 Å². The largest absolute Gasteiger partial charge is 0.492 e. The third kappa shape index (κ3) is 6.55. The summed E-state index contributed by atoms with van der Waals surface area (Å²) in [6, 6.07) is 8.96. The van der Waals surface area contributed by atoms with Gasteiger partial charge in [-0.15, -0.1) is 0 Å². The van der Waals surface area contributed by atoms with Gasteiger partial charge in [0.25, 0.3) is 0 Å². The molecule has 1 atom stereocenters. The molecule has 0 radical (unpaired) electrons. The average molecular weight is 432 g/mol. The number of rotatable bonds is 7. The molecule has 4 rings (SSSR count). The summed E-state index contributed by atoms with van der Waals surface area (Å²) >= 11 is 0. The van der Waals surface area contributed by atoms with Crippen molar-refractivity contribution in [2.45, 2.75) is 19.0 Å². The van der Waals surface area contributed by atoms with E-state index in [0.29, 0.717) is 12.6 Å². The van der Waals surface area contributed by atoms with Crippen LogP contribution in [0.15, 0.2) is 29.3 Å². The van der Waals surface area contributed by atoms with E-state index in [1.807, 2.05) is 13.1 Å². The van der Waals surface area contributed by atoms with Crippen LogP contribution >= 0.6 is 0 Å². The molecule has 31 heavy (non-hydrogen) atoms. The molecule has 0 spiro atoms. The lowest BCUT2D eigenvalue weighted by Gasteiger charge is -2.32. The lowest BCUT2D eigenvalue weighted by molar-refractivity contribution is 0.0195. The second-order valence-corrected chi connectivity index (χ2v) is 8.39. The first-order valence-electron chi connectivity index (χ1n) is 11.6. The predicted molar refractivity (Wildman–Crippen MR) is 122 cm³/mol. The lowest BCUT2D eigenvalue weighted by atomic mass is 10.2. The molecule has 0 aliphatic carbocycles. The van der Waals surface area contributed by atoms with Gasteiger partial charge in [-0.1, -0.05) is 12.1 Å². The average Bonchev–Trinajstić information content (AvgIpc) is 3.31. The SMILES string of the molecule is CN=C(NCc1cccc(OCCN2CCOCC2)c1)N1CCC(N2CCOCC2)C1. The van der Waals surface area contributed by atoms with E-state index in [1.54, 1.807) is 0 Å². The van der Waals surface area contributed by atoms with Crippen LogP contribution in [0, 0.1) is 0 Å². The van der Waals surface area contributed by atoms with Crippen LogP contribution in [0.25, 0.3) is 0 Å². The van der Waals surface area contributed by atoms with Gasteiger partial charge in [-0.05, 0) is 24.1 Å². The summed E-state index contributed by atoms with van der Waals surface area (Å²) < 4.78 is 16.9. The van der Waals surface area contributed by atoms with E-state index in [2.05, 4.69) is 43.2 Å². The maximum atomic E-state index is 6.00. The number of hydrogen-bond donors (Lipinski definition) is 1. The fraction of sp³-hybridized carbons (Fsp3) is 0.696. The van der Waals surface area contributed by atoms with E-state index in [0.717, 1.165) is 90.5 Å². The quantitative estimate of drug-likeness (QED) is 0.508. The molecule has 172 valence electrons. The number of guanidine groups is 1.